The molecule has 6 nitrogen and oxygen atoms in total. The summed E-state index contributed by atoms with van der Waals surface area (Å²) < 4.78 is 0. The van der Waals surface area contributed by atoms with E-state index in [2.05, 4.69) is 5.48 Å². The highest BCUT2D eigenvalue weighted by Gasteiger charge is 2.13. The van der Waals surface area contributed by atoms with E-state index in [1.54, 1.807) is 12.1 Å². The van der Waals surface area contributed by atoms with E-state index in [1.807, 2.05) is 0 Å². The fourth-order valence-corrected chi connectivity index (χ4v) is 1.20. The molecule has 0 saturated carbocycles. The van der Waals surface area contributed by atoms with E-state index >= 15 is 0 Å². The largest absolute Gasteiger partial charge is 0.396 e. The molecule has 17 heavy (non-hydrogen) atoms. The number of amides is 2. The molecule has 4 N–H and O–H groups in total. The summed E-state index contributed by atoms with van der Waals surface area (Å²) in [5.41, 5.74) is 7.60. The number of nitrogens with one attached hydrogen (secondary N) is 1. The summed E-state index contributed by atoms with van der Waals surface area (Å²) in [6, 6.07) is 6.17. The van der Waals surface area contributed by atoms with E-state index in [-0.39, 0.29) is 24.3 Å². The SMILES string of the molecule is NC(=O)c1ccccc1C(=O)NOCCCO. The molecular weight excluding hydrogens is 224 g/mol. The van der Waals surface area contributed by atoms with Gasteiger partial charge in [-0.05, 0) is 18.6 Å². The molecule has 0 aromatic heterocycles. The number of carbonyl (C=O) groups is 2. The topological polar surface area (TPSA) is 102 Å². The Hall–Kier alpha value is -1.92. The number of hydrogen-bond acceptors (Lipinski definition) is 4. The first-order valence-corrected chi connectivity index (χ1v) is 5.08. The lowest BCUT2D eigenvalue weighted by atomic mass is 10.1. The van der Waals surface area contributed by atoms with Gasteiger partial charge in [0.25, 0.3) is 5.91 Å². The molecule has 0 aliphatic carbocycles. The van der Waals surface area contributed by atoms with Crippen molar-refractivity contribution in [2.75, 3.05) is 13.2 Å². The van der Waals surface area contributed by atoms with Gasteiger partial charge in [0.1, 0.15) is 0 Å². The molecule has 2 amide bonds. The van der Waals surface area contributed by atoms with Crippen molar-refractivity contribution in [3.05, 3.63) is 35.4 Å². The van der Waals surface area contributed by atoms with Crippen molar-refractivity contribution in [3.63, 3.8) is 0 Å². The number of benzene rings is 1. The first-order chi connectivity index (χ1) is 8.16. The highest BCUT2D eigenvalue weighted by atomic mass is 16.6. The predicted molar refractivity (Wildman–Crippen MR) is 60.1 cm³/mol. The van der Waals surface area contributed by atoms with Crippen molar-refractivity contribution in [1.82, 2.24) is 5.48 Å². The van der Waals surface area contributed by atoms with Crippen LogP contribution in [0.2, 0.25) is 0 Å². The lowest BCUT2D eigenvalue weighted by molar-refractivity contribution is 0.0261. The number of aliphatic hydroxyl groups excluding tert-OH is 1. The second-order valence-electron chi connectivity index (χ2n) is 3.27. The molecule has 0 fully saturated rings. The highest BCUT2D eigenvalue weighted by Crippen LogP contribution is 2.07. The fourth-order valence-electron chi connectivity index (χ4n) is 1.20. The zero-order valence-corrected chi connectivity index (χ0v) is 9.18. The van der Waals surface area contributed by atoms with Gasteiger partial charge in [0.15, 0.2) is 0 Å². The van der Waals surface area contributed by atoms with Crippen LogP contribution >= 0.6 is 0 Å². The summed E-state index contributed by atoms with van der Waals surface area (Å²) >= 11 is 0. The molecule has 0 bridgehead atoms. The normalized spacial score (nSPS) is 9.94. The molecule has 1 aromatic carbocycles. The number of carbonyl (C=O) groups excluding carboxylic acids is 2. The molecule has 0 spiro atoms. The van der Waals surface area contributed by atoms with Crippen LogP contribution in [-0.4, -0.2) is 30.1 Å². The number of aliphatic hydroxyl groups is 1. The lowest BCUT2D eigenvalue weighted by Crippen LogP contribution is -2.27. The quantitative estimate of drug-likeness (QED) is 0.473. The number of hydrogen-bond donors (Lipinski definition) is 3. The molecule has 1 aromatic rings. The molecule has 0 atom stereocenters. The van der Waals surface area contributed by atoms with E-state index in [9.17, 15) is 9.59 Å². The van der Waals surface area contributed by atoms with Gasteiger partial charge in [0.05, 0.1) is 17.7 Å². The van der Waals surface area contributed by atoms with Crippen molar-refractivity contribution in [2.24, 2.45) is 5.73 Å². The van der Waals surface area contributed by atoms with Gasteiger partial charge in [0, 0.05) is 6.61 Å². The first-order valence-electron chi connectivity index (χ1n) is 5.08. The van der Waals surface area contributed by atoms with Crippen LogP contribution in [0, 0.1) is 0 Å². The minimum Gasteiger partial charge on any atom is -0.396 e. The van der Waals surface area contributed by atoms with Crippen LogP contribution in [0.25, 0.3) is 0 Å². The Kier molecular flexibility index (Phi) is 5.12. The summed E-state index contributed by atoms with van der Waals surface area (Å²) in [4.78, 5) is 27.5. The van der Waals surface area contributed by atoms with Gasteiger partial charge >= 0.3 is 0 Å². The minimum absolute atomic E-state index is 0.0201. The number of hydroxylamine groups is 1. The van der Waals surface area contributed by atoms with Crippen molar-refractivity contribution < 1.29 is 19.5 Å². The molecule has 0 heterocycles. The third-order valence-corrected chi connectivity index (χ3v) is 2.01. The van der Waals surface area contributed by atoms with Gasteiger partial charge in [-0.2, -0.15) is 0 Å². The van der Waals surface area contributed by atoms with Gasteiger partial charge in [-0.1, -0.05) is 12.1 Å². The Morgan fingerprint density at radius 2 is 1.94 bits per heavy atom. The summed E-state index contributed by atoms with van der Waals surface area (Å²) in [6.07, 6.45) is 0.414. The molecular formula is C11H14N2O4. The maximum atomic E-state index is 11.6. The van der Waals surface area contributed by atoms with E-state index in [0.29, 0.717) is 6.42 Å². The van der Waals surface area contributed by atoms with Gasteiger partial charge in [0.2, 0.25) is 5.91 Å². The highest BCUT2D eigenvalue weighted by molar-refractivity contribution is 6.06. The average molecular weight is 238 g/mol. The van der Waals surface area contributed by atoms with Crippen molar-refractivity contribution in [1.29, 1.82) is 0 Å². The van der Waals surface area contributed by atoms with Gasteiger partial charge in [-0.3, -0.25) is 14.4 Å². The summed E-state index contributed by atoms with van der Waals surface area (Å²) in [7, 11) is 0. The monoisotopic (exact) mass is 238 g/mol. The Labute approximate surface area is 98.3 Å². The van der Waals surface area contributed by atoms with Crippen molar-refractivity contribution in [2.45, 2.75) is 6.42 Å². The summed E-state index contributed by atoms with van der Waals surface area (Å²) in [5, 5.41) is 8.51. The van der Waals surface area contributed by atoms with Crippen molar-refractivity contribution >= 4 is 11.8 Å². The predicted octanol–water partition coefficient (Wildman–Crippen LogP) is -0.171. The number of rotatable bonds is 6. The summed E-state index contributed by atoms with van der Waals surface area (Å²) in [5.74, 6) is -1.22. The third kappa shape index (κ3) is 3.86. The Morgan fingerprint density at radius 1 is 1.29 bits per heavy atom. The lowest BCUT2D eigenvalue weighted by Gasteiger charge is -2.07. The van der Waals surface area contributed by atoms with Gasteiger partial charge < -0.3 is 10.8 Å². The average Bonchev–Trinajstić information content (AvgIpc) is 2.34. The van der Waals surface area contributed by atoms with Gasteiger partial charge in [-0.25, -0.2) is 5.48 Å². The maximum Gasteiger partial charge on any atom is 0.275 e. The van der Waals surface area contributed by atoms with Crippen LogP contribution in [0.3, 0.4) is 0 Å². The molecule has 0 aliphatic rings. The maximum absolute atomic E-state index is 11.6. The minimum atomic E-state index is -0.675. The Balaban J connectivity index is 2.65. The zero-order chi connectivity index (χ0) is 12.7. The molecule has 0 aliphatic heterocycles. The van der Waals surface area contributed by atoms with E-state index < -0.39 is 11.8 Å². The molecule has 1 rings (SSSR count). The molecule has 0 unspecified atom stereocenters. The standard InChI is InChI=1S/C11H14N2O4/c12-10(15)8-4-1-2-5-9(8)11(16)13-17-7-3-6-14/h1-2,4-5,14H,3,6-7H2,(H2,12,15)(H,13,16). The van der Waals surface area contributed by atoms with Crippen LogP contribution in [0.15, 0.2) is 24.3 Å². The molecule has 0 saturated heterocycles. The van der Waals surface area contributed by atoms with E-state index in [1.165, 1.54) is 12.1 Å². The zero-order valence-electron chi connectivity index (χ0n) is 9.18. The van der Waals surface area contributed by atoms with Gasteiger partial charge in [-0.15, -0.1) is 0 Å². The van der Waals surface area contributed by atoms with Crippen LogP contribution in [0.1, 0.15) is 27.1 Å². The van der Waals surface area contributed by atoms with E-state index in [4.69, 9.17) is 15.7 Å². The Bertz CT molecular complexity index is 406. The fraction of sp³-hybridized carbons (Fsp3) is 0.273. The van der Waals surface area contributed by atoms with Crippen LogP contribution in [0.4, 0.5) is 0 Å². The number of primary amides is 1. The van der Waals surface area contributed by atoms with Crippen molar-refractivity contribution in [3.8, 4) is 0 Å². The van der Waals surface area contributed by atoms with Crippen LogP contribution in [-0.2, 0) is 4.84 Å². The van der Waals surface area contributed by atoms with Crippen LogP contribution in [0.5, 0.6) is 0 Å². The van der Waals surface area contributed by atoms with Crippen LogP contribution < -0.4 is 11.2 Å². The Morgan fingerprint density at radius 3 is 2.53 bits per heavy atom. The molecule has 92 valence electrons. The smallest absolute Gasteiger partial charge is 0.275 e. The van der Waals surface area contributed by atoms with E-state index in [0.717, 1.165) is 0 Å². The second-order valence-corrected chi connectivity index (χ2v) is 3.27. The second kappa shape index (κ2) is 6.62. The third-order valence-electron chi connectivity index (χ3n) is 2.01. The molecule has 0 radical (unpaired) electrons. The number of nitrogens with two attached hydrogens (primary N) is 1. The summed E-state index contributed by atoms with van der Waals surface area (Å²) in [6.45, 7) is 0.175. The first kappa shape index (κ1) is 13.1. The molecule has 6 heteroatoms.